The predicted molar refractivity (Wildman–Crippen MR) is 101 cm³/mol. The molecule has 118 valence electrons. The molecule has 0 spiro atoms. The minimum Gasteiger partial charge on any atom is -0.367 e. The van der Waals surface area contributed by atoms with Crippen molar-refractivity contribution in [2.75, 3.05) is 18.0 Å². The number of pyridine rings is 1. The predicted octanol–water partition coefficient (Wildman–Crippen LogP) is 4.80. The van der Waals surface area contributed by atoms with Gasteiger partial charge in [-0.2, -0.15) is 0 Å². The van der Waals surface area contributed by atoms with Crippen molar-refractivity contribution in [3.05, 3.63) is 63.4 Å². The lowest BCUT2D eigenvalue weighted by Gasteiger charge is -2.24. The van der Waals surface area contributed by atoms with E-state index in [0.29, 0.717) is 0 Å². The number of aromatic nitrogens is 1. The zero-order valence-corrected chi connectivity index (χ0v) is 14.9. The summed E-state index contributed by atoms with van der Waals surface area (Å²) in [5, 5.41) is 1.05. The van der Waals surface area contributed by atoms with Gasteiger partial charge in [-0.3, -0.25) is 4.79 Å². The summed E-state index contributed by atoms with van der Waals surface area (Å²) in [7, 11) is 0. The van der Waals surface area contributed by atoms with Gasteiger partial charge in [-0.15, -0.1) is 0 Å². The van der Waals surface area contributed by atoms with E-state index in [1.54, 1.807) is 0 Å². The number of hydrogen-bond donors (Lipinski definition) is 1. The van der Waals surface area contributed by atoms with Gasteiger partial charge in [0.05, 0.1) is 0 Å². The van der Waals surface area contributed by atoms with Gasteiger partial charge >= 0.3 is 0 Å². The molecule has 0 radical (unpaired) electrons. The number of H-pyrrole nitrogens is 1. The van der Waals surface area contributed by atoms with E-state index in [4.69, 9.17) is 0 Å². The summed E-state index contributed by atoms with van der Waals surface area (Å²) in [5.74, 6) is 0. The Balaban J connectivity index is 2.46. The first kappa shape index (κ1) is 15.8. The highest BCUT2D eigenvalue weighted by Crippen LogP contribution is 2.35. The molecule has 2 aromatic carbocycles. The molecule has 1 N–H and O–H groups in total. The van der Waals surface area contributed by atoms with Crippen LogP contribution in [0.1, 0.15) is 13.8 Å². The van der Waals surface area contributed by atoms with Crippen molar-refractivity contribution in [2.45, 2.75) is 13.8 Å². The van der Waals surface area contributed by atoms with Crippen molar-refractivity contribution >= 4 is 32.5 Å². The number of nitrogens with one attached hydrogen (secondary N) is 1. The number of nitrogens with zero attached hydrogens (tertiary/aromatic N) is 1. The molecule has 0 saturated carbocycles. The Kier molecular flexibility index (Phi) is 4.53. The molecule has 0 fully saturated rings. The SMILES string of the molecule is CCN(CC)c1c(-c2ccccc2)c2cc(Br)ccc2[nH]c1=O. The summed E-state index contributed by atoms with van der Waals surface area (Å²) >= 11 is 3.55. The highest BCUT2D eigenvalue weighted by atomic mass is 79.9. The Morgan fingerprint density at radius 3 is 2.39 bits per heavy atom. The van der Waals surface area contributed by atoms with Gasteiger partial charge in [-0.1, -0.05) is 46.3 Å². The van der Waals surface area contributed by atoms with Crippen LogP contribution in [0.2, 0.25) is 0 Å². The Hall–Kier alpha value is -2.07. The van der Waals surface area contributed by atoms with Crippen LogP contribution in [0.4, 0.5) is 5.69 Å². The van der Waals surface area contributed by atoms with E-state index in [1.807, 2.05) is 30.3 Å². The molecule has 0 amide bonds. The van der Waals surface area contributed by atoms with Gasteiger partial charge in [0, 0.05) is 34.0 Å². The maximum atomic E-state index is 12.8. The lowest BCUT2D eigenvalue weighted by Crippen LogP contribution is -2.29. The van der Waals surface area contributed by atoms with E-state index in [2.05, 4.69) is 57.9 Å². The number of aromatic amines is 1. The van der Waals surface area contributed by atoms with E-state index >= 15 is 0 Å². The first-order chi connectivity index (χ1) is 11.2. The lowest BCUT2D eigenvalue weighted by molar-refractivity contribution is 0.859. The van der Waals surface area contributed by atoms with Gasteiger partial charge < -0.3 is 9.88 Å². The second-order valence-corrected chi connectivity index (χ2v) is 6.32. The van der Waals surface area contributed by atoms with Gasteiger partial charge in [0.2, 0.25) is 0 Å². The summed E-state index contributed by atoms with van der Waals surface area (Å²) in [6.07, 6.45) is 0. The van der Waals surface area contributed by atoms with Gasteiger partial charge in [0.15, 0.2) is 0 Å². The van der Waals surface area contributed by atoms with Crippen molar-refractivity contribution in [2.24, 2.45) is 0 Å². The van der Waals surface area contributed by atoms with Crippen LogP contribution >= 0.6 is 15.9 Å². The monoisotopic (exact) mass is 370 g/mol. The molecule has 0 aliphatic rings. The number of benzene rings is 2. The summed E-state index contributed by atoms with van der Waals surface area (Å²) in [5.41, 5.74) is 3.61. The standard InChI is InChI=1S/C19H19BrN2O/c1-3-22(4-2)18-17(13-8-6-5-7-9-13)15-12-14(20)10-11-16(15)21-19(18)23/h5-12H,3-4H2,1-2H3,(H,21,23). The molecule has 4 heteroatoms. The van der Waals surface area contributed by atoms with Crippen LogP contribution < -0.4 is 10.5 Å². The van der Waals surface area contributed by atoms with Crippen molar-refractivity contribution in [1.82, 2.24) is 4.98 Å². The zero-order valence-electron chi connectivity index (χ0n) is 13.3. The summed E-state index contributed by atoms with van der Waals surface area (Å²) < 4.78 is 1.000. The smallest absolute Gasteiger partial charge is 0.272 e. The molecule has 0 bridgehead atoms. The summed E-state index contributed by atoms with van der Waals surface area (Å²) in [6.45, 7) is 5.73. The van der Waals surface area contributed by atoms with E-state index in [9.17, 15) is 4.79 Å². The average Bonchev–Trinajstić information content (AvgIpc) is 2.57. The molecule has 23 heavy (non-hydrogen) atoms. The third-order valence-electron chi connectivity index (χ3n) is 4.09. The van der Waals surface area contributed by atoms with E-state index in [0.717, 1.165) is 45.3 Å². The topological polar surface area (TPSA) is 36.1 Å². The molecule has 0 saturated heterocycles. The number of halogens is 1. The maximum absolute atomic E-state index is 12.8. The van der Waals surface area contributed by atoms with Gasteiger partial charge in [0.1, 0.15) is 5.69 Å². The minimum atomic E-state index is -0.0395. The molecule has 3 aromatic rings. The molecular weight excluding hydrogens is 352 g/mol. The van der Waals surface area contributed by atoms with Crippen molar-refractivity contribution in [3.63, 3.8) is 0 Å². The third-order valence-corrected chi connectivity index (χ3v) is 4.59. The Labute approximate surface area is 144 Å². The highest BCUT2D eigenvalue weighted by molar-refractivity contribution is 9.10. The Morgan fingerprint density at radius 2 is 1.74 bits per heavy atom. The number of anilines is 1. The molecule has 3 nitrogen and oxygen atoms in total. The van der Waals surface area contributed by atoms with E-state index < -0.39 is 0 Å². The van der Waals surface area contributed by atoms with Gasteiger partial charge in [0.25, 0.3) is 5.56 Å². The largest absolute Gasteiger partial charge is 0.367 e. The molecule has 0 aliphatic heterocycles. The van der Waals surface area contributed by atoms with E-state index in [-0.39, 0.29) is 5.56 Å². The average molecular weight is 371 g/mol. The normalized spacial score (nSPS) is 10.9. The fourth-order valence-corrected chi connectivity index (χ4v) is 3.35. The number of fused-ring (bicyclic) bond motifs is 1. The lowest BCUT2D eigenvalue weighted by atomic mass is 9.98. The van der Waals surface area contributed by atoms with Crippen molar-refractivity contribution in [3.8, 4) is 11.1 Å². The van der Waals surface area contributed by atoms with Crippen LogP contribution in [0.3, 0.4) is 0 Å². The van der Waals surface area contributed by atoms with Crippen LogP contribution in [0.15, 0.2) is 57.8 Å². The van der Waals surface area contributed by atoms with Crippen LogP contribution in [-0.2, 0) is 0 Å². The number of rotatable bonds is 4. The molecule has 1 aromatic heterocycles. The summed E-state index contributed by atoms with van der Waals surface area (Å²) in [4.78, 5) is 17.9. The quantitative estimate of drug-likeness (QED) is 0.715. The van der Waals surface area contributed by atoms with Crippen LogP contribution in [0.25, 0.3) is 22.0 Å². The van der Waals surface area contributed by atoms with Crippen molar-refractivity contribution < 1.29 is 0 Å². The Bertz CT molecular complexity index is 883. The van der Waals surface area contributed by atoms with Gasteiger partial charge in [-0.25, -0.2) is 0 Å². The molecule has 0 unspecified atom stereocenters. The second kappa shape index (κ2) is 6.59. The number of hydrogen-bond acceptors (Lipinski definition) is 2. The molecule has 0 aliphatic carbocycles. The minimum absolute atomic E-state index is 0.0395. The van der Waals surface area contributed by atoms with Gasteiger partial charge in [-0.05, 0) is 37.6 Å². The first-order valence-electron chi connectivity index (χ1n) is 7.81. The fraction of sp³-hybridized carbons (Fsp3) is 0.211. The van der Waals surface area contributed by atoms with E-state index in [1.165, 1.54) is 0 Å². The summed E-state index contributed by atoms with van der Waals surface area (Å²) in [6, 6.07) is 16.1. The third kappa shape index (κ3) is 2.91. The molecular formula is C19H19BrN2O. The van der Waals surface area contributed by atoms with Crippen LogP contribution in [0, 0.1) is 0 Å². The Morgan fingerprint density at radius 1 is 1.04 bits per heavy atom. The molecule has 0 atom stereocenters. The zero-order chi connectivity index (χ0) is 16.4. The van der Waals surface area contributed by atoms with Crippen molar-refractivity contribution in [1.29, 1.82) is 0 Å². The first-order valence-corrected chi connectivity index (χ1v) is 8.61. The fourth-order valence-electron chi connectivity index (χ4n) is 2.99. The second-order valence-electron chi connectivity index (χ2n) is 5.41. The van der Waals surface area contributed by atoms with Crippen LogP contribution in [0.5, 0.6) is 0 Å². The van der Waals surface area contributed by atoms with Crippen LogP contribution in [-0.4, -0.2) is 18.1 Å². The molecule has 3 rings (SSSR count). The maximum Gasteiger partial charge on any atom is 0.272 e. The highest BCUT2D eigenvalue weighted by Gasteiger charge is 2.18. The molecule has 1 heterocycles.